The molecule has 2 aromatic carbocycles. The third-order valence-corrected chi connectivity index (χ3v) is 3.96. The number of halogens is 1. The maximum absolute atomic E-state index is 12.3. The molecule has 2 rings (SSSR count). The Morgan fingerprint density at radius 3 is 2.39 bits per heavy atom. The number of benzene rings is 2. The molecular weight excluding hydrogens is 388 g/mol. The van der Waals surface area contributed by atoms with Crippen molar-refractivity contribution in [3.63, 3.8) is 0 Å². The number of carbonyl (C=O) groups excluding carboxylic acids is 2. The Kier molecular flexibility index (Phi) is 6.58. The predicted molar refractivity (Wildman–Crippen MR) is 104 cm³/mol. The van der Waals surface area contributed by atoms with E-state index in [1.54, 1.807) is 31.2 Å². The first-order valence-corrected chi connectivity index (χ1v) is 8.63. The highest BCUT2D eigenvalue weighted by atomic mass is 35.5. The molecule has 0 aromatic heterocycles. The Balaban J connectivity index is 1.91. The first kappa shape index (κ1) is 21.2. The smallest absolute Gasteiger partial charge is 0.350 e. The zero-order valence-electron chi connectivity index (χ0n) is 15.5. The van der Waals surface area contributed by atoms with Gasteiger partial charge in [-0.3, -0.25) is 14.9 Å². The summed E-state index contributed by atoms with van der Waals surface area (Å²) in [5.41, 5.74) is -0.496. The van der Waals surface area contributed by atoms with Crippen LogP contribution in [0.25, 0.3) is 0 Å². The molecule has 0 spiro atoms. The average molecular weight is 407 g/mol. The quantitative estimate of drug-likeness (QED) is 0.424. The largest absolute Gasteiger partial charge is 0.476 e. The molecule has 0 saturated heterocycles. The van der Waals surface area contributed by atoms with Crippen molar-refractivity contribution in [2.45, 2.75) is 26.4 Å². The average Bonchev–Trinajstić information content (AvgIpc) is 2.63. The van der Waals surface area contributed by atoms with Gasteiger partial charge >= 0.3 is 5.97 Å². The van der Waals surface area contributed by atoms with Crippen LogP contribution in [0, 0.1) is 17.0 Å². The Bertz CT molecular complexity index is 896. The fourth-order valence-corrected chi connectivity index (χ4v) is 2.36. The second-order valence-corrected chi connectivity index (χ2v) is 6.88. The molecule has 0 unspecified atom stereocenters. The summed E-state index contributed by atoms with van der Waals surface area (Å²) in [4.78, 5) is 34.5. The Labute approximate surface area is 166 Å². The number of rotatable bonds is 7. The third-order valence-electron chi connectivity index (χ3n) is 3.71. The Morgan fingerprint density at radius 1 is 1.18 bits per heavy atom. The van der Waals surface area contributed by atoms with Crippen molar-refractivity contribution in [1.82, 2.24) is 0 Å². The monoisotopic (exact) mass is 406 g/mol. The van der Waals surface area contributed by atoms with Gasteiger partial charge in [-0.25, -0.2) is 4.79 Å². The van der Waals surface area contributed by atoms with Crippen LogP contribution in [0.15, 0.2) is 42.5 Å². The summed E-state index contributed by atoms with van der Waals surface area (Å²) >= 11 is 5.81. The number of nitro benzene ring substituents is 1. The van der Waals surface area contributed by atoms with Gasteiger partial charge in [0.05, 0.1) is 4.92 Å². The van der Waals surface area contributed by atoms with Gasteiger partial charge < -0.3 is 14.8 Å². The summed E-state index contributed by atoms with van der Waals surface area (Å²) in [7, 11) is 0. The van der Waals surface area contributed by atoms with Crippen LogP contribution in [0.1, 0.15) is 19.4 Å². The molecule has 0 radical (unpaired) electrons. The molecule has 0 bridgehead atoms. The minimum Gasteiger partial charge on any atom is -0.476 e. The normalized spacial score (nSPS) is 10.9. The number of ether oxygens (including phenoxy) is 2. The van der Waals surface area contributed by atoms with Crippen LogP contribution in [0.3, 0.4) is 0 Å². The lowest BCUT2D eigenvalue weighted by Gasteiger charge is -2.24. The van der Waals surface area contributed by atoms with Crippen molar-refractivity contribution in [2.24, 2.45) is 0 Å². The molecule has 9 heteroatoms. The zero-order valence-corrected chi connectivity index (χ0v) is 16.3. The Morgan fingerprint density at radius 2 is 1.82 bits per heavy atom. The molecule has 0 atom stereocenters. The van der Waals surface area contributed by atoms with Gasteiger partial charge in [0.1, 0.15) is 5.75 Å². The molecule has 148 valence electrons. The maximum atomic E-state index is 12.3. The molecular formula is C19H19ClN2O6. The predicted octanol–water partition coefficient (Wildman–Crippen LogP) is 3.90. The maximum Gasteiger partial charge on any atom is 0.350 e. The van der Waals surface area contributed by atoms with Crippen LogP contribution < -0.4 is 10.1 Å². The van der Waals surface area contributed by atoms with Crippen molar-refractivity contribution in [2.75, 3.05) is 11.9 Å². The van der Waals surface area contributed by atoms with Gasteiger partial charge in [-0.15, -0.1) is 0 Å². The van der Waals surface area contributed by atoms with Crippen LogP contribution in [0.2, 0.25) is 5.02 Å². The van der Waals surface area contributed by atoms with Crippen molar-refractivity contribution in [3.05, 3.63) is 63.2 Å². The summed E-state index contributed by atoms with van der Waals surface area (Å²) in [6, 6.07) is 10.5. The summed E-state index contributed by atoms with van der Waals surface area (Å²) in [6.45, 7) is 4.13. The highest BCUT2D eigenvalue weighted by Crippen LogP contribution is 2.23. The topological polar surface area (TPSA) is 108 Å². The third kappa shape index (κ3) is 5.68. The van der Waals surface area contributed by atoms with E-state index in [0.717, 1.165) is 0 Å². The fourth-order valence-electron chi connectivity index (χ4n) is 2.23. The second kappa shape index (κ2) is 8.71. The van der Waals surface area contributed by atoms with E-state index >= 15 is 0 Å². The van der Waals surface area contributed by atoms with Gasteiger partial charge in [-0.1, -0.05) is 11.6 Å². The highest BCUT2D eigenvalue weighted by Gasteiger charge is 2.32. The van der Waals surface area contributed by atoms with Crippen LogP contribution >= 0.6 is 11.6 Å². The number of hydrogen-bond donors (Lipinski definition) is 1. The molecule has 1 amide bonds. The van der Waals surface area contributed by atoms with Crippen LogP contribution in [0.5, 0.6) is 5.75 Å². The van der Waals surface area contributed by atoms with E-state index in [0.29, 0.717) is 22.0 Å². The highest BCUT2D eigenvalue weighted by molar-refractivity contribution is 6.30. The van der Waals surface area contributed by atoms with Gasteiger partial charge in [-0.2, -0.15) is 0 Å². The molecule has 28 heavy (non-hydrogen) atoms. The van der Waals surface area contributed by atoms with Crippen molar-refractivity contribution in [3.8, 4) is 5.75 Å². The van der Waals surface area contributed by atoms with E-state index in [1.807, 2.05) is 0 Å². The van der Waals surface area contributed by atoms with Crippen molar-refractivity contribution >= 4 is 34.9 Å². The molecule has 0 aliphatic rings. The number of non-ortho nitro benzene ring substituents is 1. The van der Waals surface area contributed by atoms with Crippen molar-refractivity contribution < 1.29 is 24.0 Å². The lowest BCUT2D eigenvalue weighted by molar-refractivity contribution is -0.384. The lowest BCUT2D eigenvalue weighted by Crippen LogP contribution is -2.41. The molecule has 0 aliphatic carbocycles. The van der Waals surface area contributed by atoms with E-state index in [1.165, 1.54) is 32.0 Å². The molecule has 0 saturated carbocycles. The van der Waals surface area contributed by atoms with E-state index in [-0.39, 0.29) is 5.69 Å². The van der Waals surface area contributed by atoms with E-state index in [9.17, 15) is 19.7 Å². The molecule has 8 nitrogen and oxygen atoms in total. The summed E-state index contributed by atoms with van der Waals surface area (Å²) in [5, 5.41) is 13.8. The fraction of sp³-hybridized carbons (Fsp3) is 0.263. The van der Waals surface area contributed by atoms with Crippen LogP contribution in [-0.2, 0) is 14.3 Å². The number of hydrogen-bond acceptors (Lipinski definition) is 6. The van der Waals surface area contributed by atoms with E-state index < -0.39 is 29.0 Å². The molecule has 0 aliphatic heterocycles. The SMILES string of the molecule is Cc1cc([N+](=O)[O-])ccc1NC(=O)COC(=O)C(C)(C)Oc1ccc(Cl)cc1. The number of amides is 1. The van der Waals surface area contributed by atoms with E-state index in [4.69, 9.17) is 21.1 Å². The summed E-state index contributed by atoms with van der Waals surface area (Å²) in [5.74, 6) is -0.872. The van der Waals surface area contributed by atoms with Gasteiger partial charge in [0.25, 0.3) is 11.6 Å². The molecule has 0 heterocycles. The van der Waals surface area contributed by atoms with Crippen molar-refractivity contribution in [1.29, 1.82) is 0 Å². The van der Waals surface area contributed by atoms with Gasteiger partial charge in [0.15, 0.2) is 12.2 Å². The number of carbonyl (C=O) groups is 2. The van der Waals surface area contributed by atoms with Crippen LogP contribution in [0.4, 0.5) is 11.4 Å². The number of anilines is 1. The number of esters is 1. The number of nitro groups is 1. The molecule has 1 N–H and O–H groups in total. The Hall–Kier alpha value is -3.13. The summed E-state index contributed by atoms with van der Waals surface area (Å²) < 4.78 is 10.6. The van der Waals surface area contributed by atoms with Crippen LogP contribution in [-0.4, -0.2) is 29.0 Å². The van der Waals surface area contributed by atoms with Gasteiger partial charge in [0.2, 0.25) is 0 Å². The minimum atomic E-state index is -1.32. The second-order valence-electron chi connectivity index (χ2n) is 6.45. The first-order valence-electron chi connectivity index (χ1n) is 8.25. The number of nitrogens with one attached hydrogen (secondary N) is 1. The lowest BCUT2D eigenvalue weighted by atomic mass is 10.1. The van der Waals surface area contributed by atoms with E-state index in [2.05, 4.69) is 5.32 Å². The standard InChI is InChI=1S/C19H19ClN2O6/c1-12-10-14(22(25)26)6-9-16(12)21-17(23)11-27-18(24)19(2,3)28-15-7-4-13(20)5-8-15/h4-10H,11H2,1-3H3,(H,21,23). The number of nitrogens with zero attached hydrogens (tertiary/aromatic N) is 1. The van der Waals surface area contributed by atoms with Gasteiger partial charge in [-0.05, 0) is 56.7 Å². The number of aryl methyl sites for hydroxylation is 1. The van der Waals surface area contributed by atoms with Gasteiger partial charge in [0, 0.05) is 22.8 Å². The minimum absolute atomic E-state index is 0.0805. The first-order chi connectivity index (χ1) is 13.1. The summed E-state index contributed by atoms with van der Waals surface area (Å²) in [6.07, 6.45) is 0. The molecule has 2 aromatic rings. The molecule has 0 fully saturated rings. The zero-order chi connectivity index (χ0) is 20.9.